The van der Waals surface area contributed by atoms with Gasteiger partial charge in [-0.2, -0.15) is 5.26 Å². The van der Waals surface area contributed by atoms with E-state index in [1.807, 2.05) is 18.2 Å². The first kappa shape index (κ1) is 14.7. The van der Waals surface area contributed by atoms with Gasteiger partial charge in [0.05, 0.1) is 23.7 Å². The lowest BCUT2D eigenvalue weighted by molar-refractivity contribution is -0.133. The molecule has 0 saturated carbocycles. The van der Waals surface area contributed by atoms with Gasteiger partial charge in [-0.3, -0.25) is 0 Å². The highest BCUT2D eigenvalue weighted by molar-refractivity contribution is 5.59. The Bertz CT molecular complexity index is 527. The van der Waals surface area contributed by atoms with E-state index >= 15 is 0 Å². The minimum absolute atomic E-state index is 0.196. The second-order valence-electron chi connectivity index (χ2n) is 6.70. The summed E-state index contributed by atoms with van der Waals surface area (Å²) in [5.74, 6) is 0. The zero-order valence-corrected chi connectivity index (χ0v) is 12.7. The Balaban J connectivity index is 2.31. The van der Waals surface area contributed by atoms with E-state index < -0.39 is 0 Å². The number of nitrogen functional groups attached to an aromatic ring is 1. The fourth-order valence-corrected chi connectivity index (χ4v) is 3.00. The summed E-state index contributed by atoms with van der Waals surface area (Å²) in [4.78, 5) is 2.31. The van der Waals surface area contributed by atoms with E-state index in [2.05, 4.69) is 38.7 Å². The van der Waals surface area contributed by atoms with Gasteiger partial charge in [0.2, 0.25) is 0 Å². The molecule has 108 valence electrons. The van der Waals surface area contributed by atoms with E-state index in [1.54, 1.807) is 0 Å². The van der Waals surface area contributed by atoms with E-state index in [1.165, 1.54) is 0 Å². The van der Waals surface area contributed by atoms with Gasteiger partial charge in [-0.15, -0.1) is 0 Å². The molecule has 1 aromatic rings. The molecule has 0 spiro atoms. The molecule has 0 bridgehead atoms. The van der Waals surface area contributed by atoms with Crippen molar-refractivity contribution in [1.29, 1.82) is 5.26 Å². The molecule has 1 aliphatic rings. The number of nitriles is 1. The molecule has 0 unspecified atom stereocenters. The number of ether oxygens (including phenoxy) is 1. The van der Waals surface area contributed by atoms with Crippen LogP contribution in [-0.2, 0) is 11.2 Å². The van der Waals surface area contributed by atoms with Gasteiger partial charge >= 0.3 is 0 Å². The van der Waals surface area contributed by atoms with Crippen LogP contribution in [-0.4, -0.2) is 24.3 Å². The van der Waals surface area contributed by atoms with Gasteiger partial charge in [0.1, 0.15) is 0 Å². The first-order valence-corrected chi connectivity index (χ1v) is 6.93. The second kappa shape index (κ2) is 4.99. The van der Waals surface area contributed by atoms with E-state index in [9.17, 15) is 0 Å². The molecule has 1 aliphatic heterocycles. The maximum atomic E-state index is 8.87. The Morgan fingerprint density at radius 3 is 2.40 bits per heavy atom. The van der Waals surface area contributed by atoms with E-state index in [0.29, 0.717) is 12.1 Å². The van der Waals surface area contributed by atoms with Crippen LogP contribution in [0, 0.1) is 11.3 Å². The Labute approximate surface area is 121 Å². The van der Waals surface area contributed by atoms with Crippen molar-refractivity contribution >= 4 is 11.4 Å². The number of benzene rings is 1. The molecule has 2 rings (SSSR count). The number of anilines is 2. The molecule has 1 saturated heterocycles. The molecule has 1 aromatic carbocycles. The zero-order valence-electron chi connectivity index (χ0n) is 12.7. The van der Waals surface area contributed by atoms with Gasteiger partial charge in [-0.05, 0) is 51.5 Å². The maximum Gasteiger partial charge on any atom is 0.0808 e. The highest BCUT2D eigenvalue weighted by Gasteiger charge is 2.38. The third-order valence-electron chi connectivity index (χ3n) is 3.46. The Morgan fingerprint density at radius 1 is 1.25 bits per heavy atom. The van der Waals surface area contributed by atoms with Crippen molar-refractivity contribution in [2.75, 3.05) is 23.7 Å². The van der Waals surface area contributed by atoms with Crippen molar-refractivity contribution in [3.05, 3.63) is 23.8 Å². The average molecular weight is 273 g/mol. The van der Waals surface area contributed by atoms with Crippen LogP contribution in [0.3, 0.4) is 0 Å². The monoisotopic (exact) mass is 273 g/mol. The van der Waals surface area contributed by atoms with Gasteiger partial charge < -0.3 is 15.4 Å². The summed E-state index contributed by atoms with van der Waals surface area (Å²) in [7, 11) is 0. The number of hydrogen-bond donors (Lipinski definition) is 1. The summed E-state index contributed by atoms with van der Waals surface area (Å²) in [6, 6.07) is 8.10. The second-order valence-corrected chi connectivity index (χ2v) is 6.70. The number of morpholine rings is 1. The quantitative estimate of drug-likeness (QED) is 0.842. The van der Waals surface area contributed by atoms with Crippen molar-refractivity contribution in [3.8, 4) is 6.07 Å². The van der Waals surface area contributed by atoms with Crippen LogP contribution in [0.5, 0.6) is 0 Å². The summed E-state index contributed by atoms with van der Waals surface area (Å²) in [5, 5.41) is 8.87. The van der Waals surface area contributed by atoms with E-state index in [4.69, 9.17) is 15.7 Å². The van der Waals surface area contributed by atoms with Gasteiger partial charge in [-0.25, -0.2) is 0 Å². The standard InChI is InChI=1S/C16H23N3O/c1-15(2)10-19(11-16(3,4)20-15)13-5-6-14(18)12(9-13)7-8-17/h5-6,9H,7,10-11,18H2,1-4H3. The van der Waals surface area contributed by atoms with Crippen LogP contribution in [0.25, 0.3) is 0 Å². The summed E-state index contributed by atoms with van der Waals surface area (Å²) in [6.07, 6.45) is 0.344. The van der Waals surface area contributed by atoms with Gasteiger partial charge in [-0.1, -0.05) is 0 Å². The zero-order chi connectivity index (χ0) is 15.0. The SMILES string of the molecule is CC1(C)CN(c2ccc(N)c(CC#N)c2)CC(C)(C)O1. The lowest BCUT2D eigenvalue weighted by atomic mass is 9.97. The summed E-state index contributed by atoms with van der Waals surface area (Å²) in [6.45, 7) is 10.1. The van der Waals surface area contributed by atoms with E-state index in [0.717, 1.165) is 24.3 Å². The molecule has 1 fully saturated rings. The fourth-order valence-electron chi connectivity index (χ4n) is 3.00. The molecule has 4 nitrogen and oxygen atoms in total. The Morgan fingerprint density at radius 2 is 1.85 bits per heavy atom. The smallest absolute Gasteiger partial charge is 0.0808 e. The topological polar surface area (TPSA) is 62.3 Å². The molecule has 1 heterocycles. The first-order valence-electron chi connectivity index (χ1n) is 6.93. The van der Waals surface area contributed by atoms with Crippen LogP contribution >= 0.6 is 0 Å². The minimum Gasteiger partial charge on any atom is -0.398 e. The van der Waals surface area contributed by atoms with Crippen molar-refractivity contribution in [1.82, 2.24) is 0 Å². The van der Waals surface area contributed by atoms with Crippen LogP contribution < -0.4 is 10.6 Å². The highest BCUT2D eigenvalue weighted by atomic mass is 16.5. The average Bonchev–Trinajstić information content (AvgIpc) is 2.28. The predicted octanol–water partition coefficient (Wildman–Crippen LogP) is 2.73. The molecule has 4 heteroatoms. The molecule has 0 amide bonds. The van der Waals surface area contributed by atoms with Gasteiger partial charge in [0.25, 0.3) is 0 Å². The van der Waals surface area contributed by atoms with Crippen LogP contribution in [0.1, 0.15) is 33.3 Å². The fraction of sp³-hybridized carbons (Fsp3) is 0.562. The summed E-state index contributed by atoms with van der Waals surface area (Å²) in [5.41, 5.74) is 8.21. The van der Waals surface area contributed by atoms with Crippen LogP contribution in [0.2, 0.25) is 0 Å². The Kier molecular flexibility index (Phi) is 3.66. The molecule has 0 radical (unpaired) electrons. The lowest BCUT2D eigenvalue weighted by Gasteiger charge is -2.48. The summed E-state index contributed by atoms with van der Waals surface area (Å²) >= 11 is 0. The number of nitrogens with two attached hydrogens (primary N) is 1. The van der Waals surface area contributed by atoms with Crippen molar-refractivity contribution < 1.29 is 4.74 Å². The molecule has 20 heavy (non-hydrogen) atoms. The number of hydrogen-bond acceptors (Lipinski definition) is 4. The number of rotatable bonds is 2. The van der Waals surface area contributed by atoms with Crippen molar-refractivity contribution in [3.63, 3.8) is 0 Å². The predicted molar refractivity (Wildman–Crippen MR) is 81.6 cm³/mol. The van der Waals surface area contributed by atoms with Crippen molar-refractivity contribution in [2.45, 2.75) is 45.3 Å². The molecule has 2 N–H and O–H groups in total. The third kappa shape index (κ3) is 3.23. The third-order valence-corrected chi connectivity index (χ3v) is 3.46. The normalized spacial score (nSPS) is 20.4. The van der Waals surface area contributed by atoms with Crippen LogP contribution in [0.15, 0.2) is 18.2 Å². The van der Waals surface area contributed by atoms with E-state index in [-0.39, 0.29) is 11.2 Å². The maximum absolute atomic E-state index is 8.87. The molecular formula is C16H23N3O. The van der Waals surface area contributed by atoms with Gasteiger partial charge in [0, 0.05) is 24.5 Å². The lowest BCUT2D eigenvalue weighted by Crippen LogP contribution is -2.57. The molecule has 0 atom stereocenters. The summed E-state index contributed by atoms with van der Waals surface area (Å²) < 4.78 is 6.10. The first-order chi connectivity index (χ1) is 9.22. The van der Waals surface area contributed by atoms with Crippen LogP contribution in [0.4, 0.5) is 11.4 Å². The molecule has 0 aliphatic carbocycles. The van der Waals surface area contributed by atoms with Crippen molar-refractivity contribution in [2.24, 2.45) is 0 Å². The number of nitrogens with zero attached hydrogens (tertiary/aromatic N) is 2. The molecular weight excluding hydrogens is 250 g/mol. The molecule has 0 aromatic heterocycles. The van der Waals surface area contributed by atoms with Gasteiger partial charge in [0.15, 0.2) is 0 Å². The largest absolute Gasteiger partial charge is 0.398 e. The highest BCUT2D eigenvalue weighted by Crippen LogP contribution is 2.32. The minimum atomic E-state index is -0.196. The Hall–Kier alpha value is -1.73.